The number of carbonyl (C=O) groups excluding carboxylic acids is 2. The van der Waals surface area contributed by atoms with Crippen LogP contribution in [0.25, 0.3) is 21.5 Å². The molecule has 37 heavy (non-hydrogen) atoms. The summed E-state index contributed by atoms with van der Waals surface area (Å²) in [6.45, 7) is 0.923. The fourth-order valence-corrected chi connectivity index (χ4v) is 5.19. The topological polar surface area (TPSA) is 76.7 Å². The highest BCUT2D eigenvalue weighted by atomic mass is 79.9. The van der Waals surface area contributed by atoms with Gasteiger partial charge < -0.3 is 20.1 Å². The van der Waals surface area contributed by atoms with Gasteiger partial charge in [-0.15, -0.1) is 0 Å². The Morgan fingerprint density at radius 3 is 1.51 bits per heavy atom. The highest BCUT2D eigenvalue weighted by molar-refractivity contribution is 9.10. The molecule has 4 rings (SSSR count). The molecular formula is C29H28Br2N2O4. The van der Waals surface area contributed by atoms with Gasteiger partial charge in [0.05, 0.1) is 27.1 Å². The van der Waals surface area contributed by atoms with Gasteiger partial charge in [0.2, 0.25) is 11.8 Å². The number of benzene rings is 4. The zero-order valence-corrected chi connectivity index (χ0v) is 23.9. The van der Waals surface area contributed by atoms with Crippen LogP contribution in [0.15, 0.2) is 69.6 Å². The van der Waals surface area contributed by atoms with Gasteiger partial charge in [0, 0.05) is 33.2 Å². The first kappa shape index (κ1) is 26.9. The van der Waals surface area contributed by atoms with Crippen LogP contribution in [0.1, 0.15) is 17.5 Å². The van der Waals surface area contributed by atoms with Crippen LogP contribution in [0.5, 0.6) is 11.5 Å². The first-order valence-corrected chi connectivity index (χ1v) is 13.5. The van der Waals surface area contributed by atoms with Gasteiger partial charge >= 0.3 is 0 Å². The summed E-state index contributed by atoms with van der Waals surface area (Å²) in [4.78, 5) is 25.3. The molecule has 0 aliphatic carbocycles. The summed E-state index contributed by atoms with van der Waals surface area (Å²) >= 11 is 6.99. The van der Waals surface area contributed by atoms with E-state index in [1.807, 2.05) is 60.7 Å². The summed E-state index contributed by atoms with van der Waals surface area (Å²) in [5.41, 5.74) is 1.71. The lowest BCUT2D eigenvalue weighted by molar-refractivity contribution is -0.120. The lowest BCUT2D eigenvalue weighted by atomic mass is 10.0. The van der Waals surface area contributed by atoms with Crippen molar-refractivity contribution < 1.29 is 19.1 Å². The van der Waals surface area contributed by atoms with Gasteiger partial charge in [-0.25, -0.2) is 0 Å². The first-order chi connectivity index (χ1) is 17.9. The molecule has 0 fully saturated rings. The highest BCUT2D eigenvalue weighted by Gasteiger charge is 2.14. The van der Waals surface area contributed by atoms with Crippen molar-refractivity contribution in [1.82, 2.24) is 10.6 Å². The van der Waals surface area contributed by atoms with E-state index in [2.05, 4.69) is 42.5 Å². The van der Waals surface area contributed by atoms with Gasteiger partial charge in [-0.2, -0.15) is 0 Å². The Morgan fingerprint density at radius 1 is 0.676 bits per heavy atom. The first-order valence-electron chi connectivity index (χ1n) is 11.9. The Bertz CT molecular complexity index is 1350. The summed E-state index contributed by atoms with van der Waals surface area (Å²) < 4.78 is 13.0. The molecule has 0 spiro atoms. The molecule has 6 nitrogen and oxygen atoms in total. The SMILES string of the molecule is COc1ccc2cc(Br)ccc2c1CC(=O)NCCCNC(=O)Cc1c(OC)ccc2cc(Br)ccc12. The van der Waals surface area contributed by atoms with Gasteiger partial charge in [-0.05, 0) is 64.4 Å². The average Bonchev–Trinajstić information content (AvgIpc) is 2.88. The monoisotopic (exact) mass is 626 g/mol. The molecule has 0 bridgehead atoms. The van der Waals surface area contributed by atoms with E-state index >= 15 is 0 Å². The lowest BCUT2D eigenvalue weighted by Crippen LogP contribution is -2.31. The second-order valence-electron chi connectivity index (χ2n) is 8.63. The molecule has 8 heteroatoms. The van der Waals surface area contributed by atoms with Crippen LogP contribution in [0.2, 0.25) is 0 Å². The molecule has 2 N–H and O–H groups in total. The van der Waals surface area contributed by atoms with Gasteiger partial charge in [0.25, 0.3) is 0 Å². The molecule has 2 amide bonds. The number of hydrogen-bond acceptors (Lipinski definition) is 4. The Balaban J connectivity index is 1.29. The maximum atomic E-state index is 12.7. The van der Waals surface area contributed by atoms with Gasteiger partial charge in [0.15, 0.2) is 0 Å². The predicted molar refractivity (Wildman–Crippen MR) is 154 cm³/mol. The minimum absolute atomic E-state index is 0.0910. The lowest BCUT2D eigenvalue weighted by Gasteiger charge is -2.13. The van der Waals surface area contributed by atoms with E-state index in [-0.39, 0.29) is 24.7 Å². The fourth-order valence-electron chi connectivity index (χ4n) is 4.43. The number of nitrogens with one attached hydrogen (secondary N) is 2. The van der Waals surface area contributed by atoms with E-state index in [1.165, 1.54) is 0 Å². The van der Waals surface area contributed by atoms with Crippen LogP contribution in [-0.2, 0) is 22.4 Å². The molecule has 0 aromatic heterocycles. The molecule has 4 aromatic rings. The molecule has 0 unspecified atom stereocenters. The molecule has 4 aromatic carbocycles. The number of carbonyl (C=O) groups is 2. The zero-order valence-electron chi connectivity index (χ0n) is 20.7. The number of ether oxygens (including phenoxy) is 2. The third-order valence-corrected chi connectivity index (χ3v) is 7.20. The largest absolute Gasteiger partial charge is 0.496 e. The molecule has 192 valence electrons. The Morgan fingerprint density at radius 2 is 1.11 bits per heavy atom. The van der Waals surface area contributed by atoms with Crippen LogP contribution in [0, 0.1) is 0 Å². The normalized spacial score (nSPS) is 10.9. The third kappa shape index (κ3) is 6.62. The Labute approximate surface area is 233 Å². The smallest absolute Gasteiger partial charge is 0.224 e. The van der Waals surface area contributed by atoms with E-state index in [0.717, 1.165) is 41.6 Å². The standard InChI is InChI=1S/C29H28Br2N2O4/c1-36-26-10-4-18-14-20(30)6-8-22(18)24(26)16-28(34)32-12-3-13-33-29(35)17-25-23-9-7-21(31)15-19(23)5-11-27(25)37-2/h4-11,14-15H,3,12-13,16-17H2,1-2H3,(H,32,34)(H,33,35). The zero-order chi connectivity index (χ0) is 26.4. The molecular weight excluding hydrogens is 600 g/mol. The molecule has 0 atom stereocenters. The van der Waals surface area contributed by atoms with Crippen molar-refractivity contribution >= 4 is 65.2 Å². The maximum Gasteiger partial charge on any atom is 0.224 e. The molecule has 0 saturated carbocycles. The van der Waals surface area contributed by atoms with Crippen LogP contribution in [-0.4, -0.2) is 39.1 Å². The summed E-state index contributed by atoms with van der Waals surface area (Å²) in [6, 6.07) is 19.7. The molecule has 0 radical (unpaired) electrons. The van der Waals surface area contributed by atoms with E-state index in [0.29, 0.717) is 31.0 Å². The quantitative estimate of drug-likeness (QED) is 0.213. The van der Waals surface area contributed by atoms with Gasteiger partial charge in [-0.1, -0.05) is 56.1 Å². The number of fused-ring (bicyclic) bond motifs is 2. The maximum absolute atomic E-state index is 12.7. The van der Waals surface area contributed by atoms with Crippen molar-refractivity contribution in [2.75, 3.05) is 27.3 Å². The molecule has 0 aliphatic heterocycles. The van der Waals surface area contributed by atoms with Crippen LogP contribution in [0.4, 0.5) is 0 Å². The van der Waals surface area contributed by atoms with Crippen molar-refractivity contribution in [2.24, 2.45) is 0 Å². The van der Waals surface area contributed by atoms with Crippen molar-refractivity contribution in [1.29, 1.82) is 0 Å². The molecule has 0 saturated heterocycles. The average molecular weight is 628 g/mol. The van der Waals surface area contributed by atoms with E-state index in [9.17, 15) is 9.59 Å². The van der Waals surface area contributed by atoms with Crippen LogP contribution >= 0.6 is 31.9 Å². The van der Waals surface area contributed by atoms with Gasteiger partial charge in [0.1, 0.15) is 11.5 Å². The number of rotatable bonds is 10. The van der Waals surface area contributed by atoms with Gasteiger partial charge in [-0.3, -0.25) is 9.59 Å². The van der Waals surface area contributed by atoms with Crippen molar-refractivity contribution in [3.63, 3.8) is 0 Å². The summed E-state index contributed by atoms with van der Waals surface area (Å²) in [7, 11) is 3.22. The van der Waals surface area contributed by atoms with Crippen LogP contribution in [0.3, 0.4) is 0 Å². The third-order valence-electron chi connectivity index (χ3n) is 6.21. The van der Waals surface area contributed by atoms with Crippen LogP contribution < -0.4 is 20.1 Å². The number of halogens is 2. The molecule has 0 heterocycles. The van der Waals surface area contributed by atoms with E-state index < -0.39 is 0 Å². The minimum atomic E-state index is -0.0910. The molecule has 0 aliphatic rings. The van der Waals surface area contributed by atoms with Crippen molar-refractivity contribution in [2.45, 2.75) is 19.3 Å². The summed E-state index contributed by atoms with van der Waals surface area (Å²) in [5.74, 6) is 1.19. The predicted octanol–water partition coefficient (Wildman–Crippen LogP) is 5.94. The minimum Gasteiger partial charge on any atom is -0.496 e. The number of amides is 2. The summed E-state index contributed by atoms with van der Waals surface area (Å²) in [6.07, 6.45) is 1.05. The Hall–Kier alpha value is -3.10. The Kier molecular flexibility index (Phi) is 9.05. The summed E-state index contributed by atoms with van der Waals surface area (Å²) in [5, 5.41) is 9.95. The van der Waals surface area contributed by atoms with E-state index in [1.54, 1.807) is 14.2 Å². The van der Waals surface area contributed by atoms with Crippen molar-refractivity contribution in [3.8, 4) is 11.5 Å². The second kappa shape index (κ2) is 12.4. The van der Waals surface area contributed by atoms with Crippen molar-refractivity contribution in [3.05, 3.63) is 80.7 Å². The highest BCUT2D eigenvalue weighted by Crippen LogP contribution is 2.31. The number of methoxy groups -OCH3 is 2. The van der Waals surface area contributed by atoms with E-state index in [4.69, 9.17) is 9.47 Å². The second-order valence-corrected chi connectivity index (χ2v) is 10.5. The fraction of sp³-hybridized carbons (Fsp3) is 0.241. The number of hydrogen-bond donors (Lipinski definition) is 2.